The lowest BCUT2D eigenvalue weighted by molar-refractivity contribution is -0.605. The molecule has 1 aromatic carbocycles. The number of pyridine rings is 2. The van der Waals surface area contributed by atoms with Gasteiger partial charge < -0.3 is 5.21 Å². The lowest BCUT2D eigenvalue weighted by atomic mass is 10.1. The number of nitrogens with zero attached hydrogens (tertiary/aromatic N) is 4. The van der Waals surface area contributed by atoms with Crippen molar-refractivity contribution in [1.82, 2.24) is 14.8 Å². The molecule has 0 atom stereocenters. The Balaban J connectivity index is 1.88. The van der Waals surface area contributed by atoms with Gasteiger partial charge in [-0.05, 0) is 29.7 Å². The van der Waals surface area contributed by atoms with Gasteiger partial charge in [0.05, 0.1) is 11.9 Å². The van der Waals surface area contributed by atoms with Gasteiger partial charge in [0.2, 0.25) is 0 Å². The van der Waals surface area contributed by atoms with Crippen molar-refractivity contribution >= 4 is 10.9 Å². The zero-order valence-corrected chi connectivity index (χ0v) is 14.9. The third-order valence-electron chi connectivity index (χ3n) is 4.56. The maximum Gasteiger partial charge on any atom is 0.276 e. The van der Waals surface area contributed by atoms with Gasteiger partial charge in [-0.25, -0.2) is 4.68 Å². The molecule has 3 aromatic heterocycles. The van der Waals surface area contributed by atoms with Crippen LogP contribution in [0.3, 0.4) is 0 Å². The Hall–Kier alpha value is -3.54. The molecule has 0 aliphatic carbocycles. The molecule has 0 fully saturated rings. The van der Waals surface area contributed by atoms with Crippen LogP contribution in [0.25, 0.3) is 22.2 Å². The van der Waals surface area contributed by atoms with E-state index < -0.39 is 0 Å². The second-order valence-corrected chi connectivity index (χ2v) is 6.33. The first-order chi connectivity index (χ1) is 13.2. The van der Waals surface area contributed by atoms with E-state index in [1.807, 2.05) is 12.1 Å². The largest absolute Gasteiger partial charge is 0.619 e. The zero-order valence-electron chi connectivity index (χ0n) is 14.9. The van der Waals surface area contributed by atoms with Crippen LogP contribution in [0, 0.1) is 5.21 Å². The van der Waals surface area contributed by atoms with Crippen LogP contribution in [0.4, 0.5) is 0 Å². The predicted molar refractivity (Wildman–Crippen MR) is 103 cm³/mol. The van der Waals surface area contributed by atoms with E-state index in [-0.39, 0.29) is 12.1 Å². The van der Waals surface area contributed by atoms with Crippen LogP contribution in [-0.2, 0) is 13.0 Å². The molecule has 0 bridgehead atoms. The molecule has 0 N–H and O–H groups in total. The van der Waals surface area contributed by atoms with Crippen molar-refractivity contribution in [1.29, 1.82) is 0 Å². The molecule has 0 amide bonds. The van der Waals surface area contributed by atoms with Crippen LogP contribution in [0.5, 0.6) is 0 Å². The maximum atomic E-state index is 12.9. The second-order valence-electron chi connectivity index (χ2n) is 6.33. The molecule has 0 spiro atoms. The van der Waals surface area contributed by atoms with E-state index in [1.165, 1.54) is 22.6 Å². The molecular formula is C21H18N4O2. The SMILES string of the molecule is CCc1ccc(-c2nn(Cc3cc[n+]([O-])cc3)c(=O)c3cccnc23)cc1. The van der Waals surface area contributed by atoms with Crippen LogP contribution in [0.1, 0.15) is 18.1 Å². The zero-order chi connectivity index (χ0) is 18.8. The Morgan fingerprint density at radius 1 is 1.04 bits per heavy atom. The van der Waals surface area contributed by atoms with Gasteiger partial charge in [-0.2, -0.15) is 9.83 Å². The number of fused-ring (bicyclic) bond motifs is 1. The van der Waals surface area contributed by atoms with Crippen LogP contribution in [0.15, 0.2) is 71.9 Å². The molecule has 134 valence electrons. The van der Waals surface area contributed by atoms with E-state index in [9.17, 15) is 10.0 Å². The van der Waals surface area contributed by atoms with E-state index in [0.29, 0.717) is 21.3 Å². The predicted octanol–water partition coefficient (Wildman–Crippen LogP) is 2.70. The summed E-state index contributed by atoms with van der Waals surface area (Å²) in [6.45, 7) is 2.39. The van der Waals surface area contributed by atoms with Gasteiger partial charge in [-0.15, -0.1) is 0 Å². The van der Waals surface area contributed by atoms with E-state index in [4.69, 9.17) is 0 Å². The molecule has 4 aromatic rings. The first-order valence-electron chi connectivity index (χ1n) is 8.78. The third kappa shape index (κ3) is 3.29. The highest BCUT2D eigenvalue weighted by Crippen LogP contribution is 2.23. The number of benzene rings is 1. The van der Waals surface area contributed by atoms with Crippen molar-refractivity contribution < 1.29 is 4.73 Å². The van der Waals surface area contributed by atoms with Crippen LogP contribution in [-0.4, -0.2) is 14.8 Å². The molecular weight excluding hydrogens is 340 g/mol. The summed E-state index contributed by atoms with van der Waals surface area (Å²) in [4.78, 5) is 17.3. The number of hydrogen-bond donors (Lipinski definition) is 0. The average molecular weight is 358 g/mol. The molecule has 0 saturated heterocycles. The van der Waals surface area contributed by atoms with Crippen LogP contribution >= 0.6 is 0 Å². The van der Waals surface area contributed by atoms with Crippen molar-refractivity contribution in [3.63, 3.8) is 0 Å². The first kappa shape index (κ1) is 16.9. The van der Waals surface area contributed by atoms with E-state index in [2.05, 4.69) is 29.1 Å². The fourth-order valence-electron chi connectivity index (χ4n) is 3.04. The Morgan fingerprint density at radius 2 is 1.78 bits per heavy atom. The lowest BCUT2D eigenvalue weighted by Gasteiger charge is -2.11. The van der Waals surface area contributed by atoms with Gasteiger partial charge in [0.25, 0.3) is 5.56 Å². The summed E-state index contributed by atoms with van der Waals surface area (Å²) in [6.07, 6.45) is 5.45. The summed E-state index contributed by atoms with van der Waals surface area (Å²) < 4.78 is 2.14. The van der Waals surface area contributed by atoms with Gasteiger partial charge in [0.1, 0.15) is 11.2 Å². The van der Waals surface area contributed by atoms with Crippen molar-refractivity contribution in [3.8, 4) is 11.3 Å². The summed E-state index contributed by atoms with van der Waals surface area (Å²) in [5.41, 5.74) is 4.03. The molecule has 0 unspecified atom stereocenters. The van der Waals surface area contributed by atoms with Crippen LogP contribution in [0.2, 0.25) is 0 Å². The van der Waals surface area contributed by atoms with Gasteiger partial charge in [0, 0.05) is 23.9 Å². The minimum absolute atomic E-state index is 0.203. The molecule has 0 aliphatic heterocycles. The molecule has 0 radical (unpaired) electrons. The van der Waals surface area contributed by atoms with Crippen molar-refractivity contribution in [2.75, 3.05) is 0 Å². The smallest absolute Gasteiger partial charge is 0.276 e. The first-order valence-corrected chi connectivity index (χ1v) is 8.78. The standard InChI is InChI=1S/C21H18N4O2/c1-2-15-5-7-17(8-6-15)19-20-18(4-3-11-22-20)21(26)25(23-19)14-16-9-12-24(27)13-10-16/h3-13H,2,14H2,1H3. The maximum absolute atomic E-state index is 12.9. The number of aromatic nitrogens is 4. The summed E-state index contributed by atoms with van der Waals surface area (Å²) >= 11 is 0. The average Bonchev–Trinajstić information content (AvgIpc) is 2.72. The second kappa shape index (κ2) is 6.99. The molecule has 3 heterocycles. The van der Waals surface area contributed by atoms with E-state index >= 15 is 0 Å². The molecule has 4 rings (SSSR count). The normalized spacial score (nSPS) is 11.0. The fraction of sp³-hybridized carbons (Fsp3) is 0.143. The van der Waals surface area contributed by atoms with Gasteiger partial charge in [-0.1, -0.05) is 31.2 Å². The Morgan fingerprint density at radius 3 is 2.48 bits per heavy atom. The van der Waals surface area contributed by atoms with Crippen molar-refractivity contribution in [2.24, 2.45) is 0 Å². The Bertz CT molecular complexity index is 1150. The molecule has 0 aliphatic rings. The molecule has 6 nitrogen and oxygen atoms in total. The minimum atomic E-state index is -0.203. The highest BCUT2D eigenvalue weighted by molar-refractivity contribution is 5.90. The molecule has 6 heteroatoms. The quantitative estimate of drug-likeness (QED) is 0.415. The van der Waals surface area contributed by atoms with Crippen molar-refractivity contribution in [3.05, 3.63) is 93.8 Å². The summed E-state index contributed by atoms with van der Waals surface area (Å²) in [7, 11) is 0. The highest BCUT2D eigenvalue weighted by atomic mass is 16.5. The third-order valence-corrected chi connectivity index (χ3v) is 4.56. The Labute approximate surface area is 155 Å². The fourth-order valence-corrected chi connectivity index (χ4v) is 3.04. The topological polar surface area (TPSA) is 74.7 Å². The summed E-state index contributed by atoms with van der Waals surface area (Å²) in [6, 6.07) is 15.0. The van der Waals surface area contributed by atoms with Gasteiger partial charge in [-0.3, -0.25) is 9.78 Å². The lowest BCUT2D eigenvalue weighted by Crippen LogP contribution is -2.27. The Kier molecular flexibility index (Phi) is 4.38. The molecule has 0 saturated carbocycles. The number of aryl methyl sites for hydroxylation is 1. The highest BCUT2D eigenvalue weighted by Gasteiger charge is 2.14. The monoisotopic (exact) mass is 358 g/mol. The van der Waals surface area contributed by atoms with E-state index in [1.54, 1.807) is 30.5 Å². The van der Waals surface area contributed by atoms with Crippen LogP contribution < -0.4 is 10.3 Å². The summed E-state index contributed by atoms with van der Waals surface area (Å²) in [5, 5.41) is 16.4. The number of hydrogen-bond acceptors (Lipinski definition) is 4. The van der Waals surface area contributed by atoms with E-state index in [0.717, 1.165) is 17.5 Å². The minimum Gasteiger partial charge on any atom is -0.619 e. The van der Waals surface area contributed by atoms with Crippen molar-refractivity contribution in [2.45, 2.75) is 19.9 Å². The number of rotatable bonds is 4. The molecule has 27 heavy (non-hydrogen) atoms. The van der Waals surface area contributed by atoms with Gasteiger partial charge in [0.15, 0.2) is 12.4 Å². The summed E-state index contributed by atoms with van der Waals surface area (Å²) in [5.74, 6) is 0. The van der Waals surface area contributed by atoms with Gasteiger partial charge >= 0.3 is 0 Å².